The molecule has 1 aromatic rings. The quantitative estimate of drug-likeness (QED) is 0.506. The van der Waals surface area contributed by atoms with Gasteiger partial charge in [0.2, 0.25) is 0 Å². The summed E-state index contributed by atoms with van der Waals surface area (Å²) >= 11 is 0. The van der Waals surface area contributed by atoms with E-state index in [9.17, 15) is 10.2 Å². The lowest BCUT2D eigenvalue weighted by atomic mass is 10.1. The van der Waals surface area contributed by atoms with Crippen LogP contribution >= 0.6 is 0 Å². The Balaban J connectivity index is 2.16. The number of rotatable bonds is 2. The highest BCUT2D eigenvalue weighted by atomic mass is 16.6. The Bertz CT molecular complexity index is 291. The molecule has 1 aromatic heterocycles. The lowest BCUT2D eigenvalue weighted by Crippen LogP contribution is -2.33. The summed E-state index contributed by atoms with van der Waals surface area (Å²) in [5.41, 5.74) is 0. The highest BCUT2D eigenvalue weighted by Crippen LogP contribution is 2.27. The van der Waals surface area contributed by atoms with Gasteiger partial charge in [-0.3, -0.25) is 0 Å². The molecule has 1 fully saturated rings. The molecule has 0 radical (unpaired) electrons. The molecule has 3 N–H and O–H groups in total. The van der Waals surface area contributed by atoms with Gasteiger partial charge >= 0.3 is 0 Å². The molecule has 7 nitrogen and oxygen atoms in total. The summed E-state index contributed by atoms with van der Waals surface area (Å²) in [7, 11) is 0. The molecule has 78 valence electrons. The van der Waals surface area contributed by atoms with Gasteiger partial charge in [0.15, 0.2) is 6.23 Å². The molecule has 1 saturated heterocycles. The molecule has 1 aliphatic heterocycles. The maximum atomic E-state index is 9.56. The van der Waals surface area contributed by atoms with Gasteiger partial charge in [0.05, 0.1) is 6.61 Å². The van der Waals surface area contributed by atoms with Crippen LogP contribution in [-0.4, -0.2) is 55.0 Å². The van der Waals surface area contributed by atoms with E-state index in [1.807, 2.05) is 0 Å². The normalized spacial score (nSPS) is 37.6. The summed E-state index contributed by atoms with van der Waals surface area (Å²) < 4.78 is 6.49. The molecule has 1 aliphatic rings. The molecule has 7 heteroatoms. The fraction of sp³-hybridized carbons (Fsp3) is 0.714. The first kappa shape index (κ1) is 9.53. The molecule has 0 saturated carbocycles. The van der Waals surface area contributed by atoms with E-state index in [4.69, 9.17) is 9.84 Å². The summed E-state index contributed by atoms with van der Waals surface area (Å²) in [6, 6.07) is 0. The van der Waals surface area contributed by atoms with Gasteiger partial charge in [-0.2, -0.15) is 5.10 Å². The summed E-state index contributed by atoms with van der Waals surface area (Å²) in [6.07, 6.45) is -1.10. The third kappa shape index (κ3) is 1.40. The van der Waals surface area contributed by atoms with Crippen molar-refractivity contribution in [2.24, 2.45) is 0 Å². The molecular formula is C7H11N3O4. The van der Waals surface area contributed by atoms with Crippen molar-refractivity contribution in [3.63, 3.8) is 0 Å². The maximum absolute atomic E-state index is 9.56. The van der Waals surface area contributed by atoms with E-state index in [1.54, 1.807) is 0 Å². The number of aliphatic hydroxyl groups is 3. The fourth-order valence-electron chi connectivity index (χ4n) is 1.45. The van der Waals surface area contributed by atoms with Crippen molar-refractivity contribution in [2.45, 2.75) is 24.5 Å². The molecule has 0 aliphatic carbocycles. The zero-order valence-corrected chi connectivity index (χ0v) is 7.26. The Morgan fingerprint density at radius 3 is 2.64 bits per heavy atom. The number of hydrogen-bond donors (Lipinski definition) is 3. The number of ether oxygens (including phenoxy) is 1. The predicted molar refractivity (Wildman–Crippen MR) is 43.0 cm³/mol. The lowest BCUT2D eigenvalue weighted by Gasteiger charge is -2.13. The Hall–Kier alpha value is -1.02. The van der Waals surface area contributed by atoms with Gasteiger partial charge < -0.3 is 20.1 Å². The Kier molecular flexibility index (Phi) is 2.46. The Morgan fingerprint density at radius 2 is 2.14 bits per heavy atom. The Labute approximate surface area is 79.6 Å². The average Bonchev–Trinajstić information content (AvgIpc) is 2.78. The van der Waals surface area contributed by atoms with Crippen LogP contribution in [0.25, 0.3) is 0 Å². The molecule has 0 bridgehead atoms. The monoisotopic (exact) mass is 201 g/mol. The van der Waals surface area contributed by atoms with Crippen LogP contribution in [0.15, 0.2) is 12.7 Å². The van der Waals surface area contributed by atoms with Gasteiger partial charge in [0.1, 0.15) is 31.0 Å². The topological polar surface area (TPSA) is 101 Å². The fourth-order valence-corrected chi connectivity index (χ4v) is 1.45. The first-order chi connectivity index (χ1) is 6.74. The zero-order chi connectivity index (χ0) is 10.1. The average molecular weight is 201 g/mol. The van der Waals surface area contributed by atoms with Crippen LogP contribution in [0.1, 0.15) is 6.23 Å². The van der Waals surface area contributed by atoms with E-state index in [0.29, 0.717) is 0 Å². The minimum atomic E-state index is -1.10. The van der Waals surface area contributed by atoms with Crippen LogP contribution in [0, 0.1) is 0 Å². The molecular weight excluding hydrogens is 190 g/mol. The first-order valence-electron chi connectivity index (χ1n) is 4.20. The van der Waals surface area contributed by atoms with Crippen LogP contribution in [-0.2, 0) is 4.74 Å². The van der Waals surface area contributed by atoms with Crippen LogP contribution in [0.5, 0.6) is 0 Å². The van der Waals surface area contributed by atoms with Gasteiger partial charge in [-0.15, -0.1) is 0 Å². The summed E-state index contributed by atoms with van der Waals surface area (Å²) in [4.78, 5) is 3.69. The second-order valence-corrected chi connectivity index (χ2v) is 3.10. The van der Waals surface area contributed by atoms with Crippen LogP contribution in [0.3, 0.4) is 0 Å². The lowest BCUT2D eigenvalue weighted by molar-refractivity contribution is -0.0587. The number of nitrogens with zero attached hydrogens (tertiary/aromatic N) is 3. The van der Waals surface area contributed by atoms with Gasteiger partial charge in [0, 0.05) is 0 Å². The van der Waals surface area contributed by atoms with E-state index in [2.05, 4.69) is 10.1 Å². The zero-order valence-electron chi connectivity index (χ0n) is 7.26. The first-order valence-corrected chi connectivity index (χ1v) is 4.20. The van der Waals surface area contributed by atoms with Crippen molar-refractivity contribution in [1.82, 2.24) is 14.8 Å². The van der Waals surface area contributed by atoms with Gasteiger partial charge in [0.25, 0.3) is 0 Å². The second kappa shape index (κ2) is 3.62. The smallest absolute Gasteiger partial charge is 0.180 e. The van der Waals surface area contributed by atoms with Crippen molar-refractivity contribution < 1.29 is 20.1 Å². The molecule has 4 atom stereocenters. The third-order valence-corrected chi connectivity index (χ3v) is 2.21. The van der Waals surface area contributed by atoms with E-state index in [0.717, 1.165) is 0 Å². The largest absolute Gasteiger partial charge is 0.394 e. The minimum Gasteiger partial charge on any atom is -0.394 e. The van der Waals surface area contributed by atoms with Crippen molar-refractivity contribution in [1.29, 1.82) is 0 Å². The molecule has 2 rings (SSSR count). The summed E-state index contributed by atoms with van der Waals surface area (Å²) in [5.74, 6) is 0. The standard InChI is InChI=1S/C7H11N3O4/c11-1-4-5(12)6(13)7(14-4)10-3-8-2-9-10/h2-7,11-13H,1H2/t4-,5-,6+,7-/m1/s1. The van der Waals surface area contributed by atoms with Crippen LogP contribution < -0.4 is 0 Å². The number of aliphatic hydroxyl groups excluding tert-OH is 3. The molecule has 14 heavy (non-hydrogen) atoms. The van der Waals surface area contributed by atoms with Gasteiger partial charge in [-0.05, 0) is 0 Å². The molecule has 0 unspecified atom stereocenters. The maximum Gasteiger partial charge on any atom is 0.180 e. The van der Waals surface area contributed by atoms with E-state index in [1.165, 1.54) is 17.3 Å². The van der Waals surface area contributed by atoms with Crippen molar-refractivity contribution in [3.8, 4) is 0 Å². The molecule has 0 aromatic carbocycles. The second-order valence-electron chi connectivity index (χ2n) is 3.10. The molecule has 2 heterocycles. The minimum absolute atomic E-state index is 0.344. The highest BCUT2D eigenvalue weighted by molar-refractivity contribution is 4.88. The highest BCUT2D eigenvalue weighted by Gasteiger charge is 2.43. The van der Waals surface area contributed by atoms with E-state index in [-0.39, 0.29) is 6.61 Å². The SMILES string of the molecule is OC[C@H]1O[C@@H](n2cncn2)[C@@H](O)[C@@H]1O. The van der Waals surface area contributed by atoms with Crippen molar-refractivity contribution >= 4 is 0 Å². The van der Waals surface area contributed by atoms with E-state index < -0.39 is 24.5 Å². The van der Waals surface area contributed by atoms with E-state index >= 15 is 0 Å². The van der Waals surface area contributed by atoms with Crippen molar-refractivity contribution in [3.05, 3.63) is 12.7 Å². The van der Waals surface area contributed by atoms with Crippen LogP contribution in [0.4, 0.5) is 0 Å². The number of aromatic nitrogens is 3. The number of hydrogen-bond acceptors (Lipinski definition) is 6. The van der Waals surface area contributed by atoms with Gasteiger partial charge in [-0.1, -0.05) is 0 Å². The van der Waals surface area contributed by atoms with Crippen molar-refractivity contribution in [2.75, 3.05) is 6.61 Å². The third-order valence-electron chi connectivity index (χ3n) is 2.21. The summed E-state index contributed by atoms with van der Waals surface area (Å²) in [5, 5.41) is 31.6. The molecule has 0 amide bonds. The summed E-state index contributed by atoms with van der Waals surface area (Å²) in [6.45, 7) is -0.344. The predicted octanol–water partition coefficient (Wildman–Crippen LogP) is -2.11. The van der Waals surface area contributed by atoms with Gasteiger partial charge in [-0.25, -0.2) is 9.67 Å². The molecule has 0 spiro atoms. The van der Waals surface area contributed by atoms with Crippen LogP contribution in [0.2, 0.25) is 0 Å². The Morgan fingerprint density at radius 1 is 1.36 bits per heavy atom.